The predicted molar refractivity (Wildman–Crippen MR) is 119 cm³/mol. The Balaban J connectivity index is 1.49. The highest BCUT2D eigenvalue weighted by Crippen LogP contribution is 2.45. The summed E-state index contributed by atoms with van der Waals surface area (Å²) in [5, 5.41) is 4.87. The van der Waals surface area contributed by atoms with Crippen molar-refractivity contribution in [2.45, 2.75) is 25.7 Å². The summed E-state index contributed by atoms with van der Waals surface area (Å²) >= 11 is 0. The highest BCUT2D eigenvalue weighted by Gasteiger charge is 2.32. The van der Waals surface area contributed by atoms with Crippen molar-refractivity contribution in [3.05, 3.63) is 60.3 Å². The molecule has 31 heavy (non-hydrogen) atoms. The summed E-state index contributed by atoms with van der Waals surface area (Å²) < 4.78 is 7.48. The fraction of sp³-hybridized carbons (Fsp3) is 0.333. The molecule has 0 unspecified atom stereocenters. The zero-order valence-electron chi connectivity index (χ0n) is 17.5. The van der Waals surface area contributed by atoms with Crippen LogP contribution in [-0.2, 0) is 4.74 Å². The molecule has 0 spiro atoms. The molecule has 5 heterocycles. The molecule has 4 aromatic rings. The number of rotatable bonds is 4. The molecule has 7 heteroatoms. The number of imidazole rings is 1. The Morgan fingerprint density at radius 3 is 2.52 bits per heavy atom. The van der Waals surface area contributed by atoms with E-state index in [2.05, 4.69) is 28.1 Å². The molecule has 1 saturated carbocycles. The van der Waals surface area contributed by atoms with Gasteiger partial charge in [0.25, 0.3) is 0 Å². The van der Waals surface area contributed by atoms with Gasteiger partial charge >= 0.3 is 0 Å². The largest absolute Gasteiger partial charge is 0.378 e. The lowest BCUT2D eigenvalue weighted by Gasteiger charge is -2.27. The molecule has 1 saturated heterocycles. The topological polar surface area (TPSA) is 68.4 Å². The standard InChI is InChI=1S/C24H24N6O/c1-16-14-20(17-6-8-25-9-7-17)24-27-22(18-2-3-18)23(30(24)28-16)19-4-5-21(26-15-19)29-10-12-31-13-11-29/h4-9,14-15,18H,2-3,10-13H2,1H3. The van der Waals surface area contributed by atoms with Crippen molar-refractivity contribution in [2.75, 3.05) is 31.2 Å². The van der Waals surface area contributed by atoms with Crippen LogP contribution >= 0.6 is 0 Å². The van der Waals surface area contributed by atoms with Crippen LogP contribution in [0.5, 0.6) is 0 Å². The van der Waals surface area contributed by atoms with E-state index in [1.54, 1.807) is 0 Å². The molecular weight excluding hydrogens is 388 g/mol. The lowest BCUT2D eigenvalue weighted by molar-refractivity contribution is 0.122. The van der Waals surface area contributed by atoms with E-state index in [0.717, 1.165) is 71.5 Å². The number of pyridine rings is 2. The summed E-state index contributed by atoms with van der Waals surface area (Å²) in [5.74, 6) is 1.50. The molecule has 0 N–H and O–H groups in total. The van der Waals surface area contributed by atoms with Gasteiger partial charge in [0.1, 0.15) is 5.82 Å². The van der Waals surface area contributed by atoms with Gasteiger partial charge in [-0.2, -0.15) is 5.10 Å². The third-order valence-electron chi connectivity index (χ3n) is 6.05. The maximum atomic E-state index is 5.47. The molecule has 0 atom stereocenters. The number of aryl methyl sites for hydroxylation is 1. The van der Waals surface area contributed by atoms with Gasteiger partial charge in [-0.05, 0) is 55.7 Å². The molecule has 4 aromatic heterocycles. The van der Waals surface area contributed by atoms with Crippen molar-refractivity contribution >= 4 is 11.5 Å². The molecule has 0 aromatic carbocycles. The highest BCUT2D eigenvalue weighted by molar-refractivity contribution is 5.81. The summed E-state index contributed by atoms with van der Waals surface area (Å²) in [6.07, 6.45) is 7.97. The Hall–Kier alpha value is -3.32. The van der Waals surface area contributed by atoms with Crippen LogP contribution in [-0.4, -0.2) is 50.9 Å². The van der Waals surface area contributed by atoms with Crippen LogP contribution in [0.4, 0.5) is 5.82 Å². The Labute approximate surface area is 180 Å². The zero-order valence-corrected chi connectivity index (χ0v) is 17.5. The summed E-state index contributed by atoms with van der Waals surface area (Å²) in [6.45, 7) is 5.30. The van der Waals surface area contributed by atoms with Gasteiger partial charge in [0.2, 0.25) is 0 Å². The molecule has 6 rings (SSSR count). The average molecular weight is 412 g/mol. The van der Waals surface area contributed by atoms with E-state index in [4.69, 9.17) is 19.8 Å². The monoisotopic (exact) mass is 412 g/mol. The maximum Gasteiger partial charge on any atom is 0.162 e. The predicted octanol–water partition coefficient (Wildman–Crippen LogP) is 3.88. The minimum Gasteiger partial charge on any atom is -0.378 e. The van der Waals surface area contributed by atoms with Gasteiger partial charge in [0.05, 0.1) is 30.3 Å². The van der Waals surface area contributed by atoms with Crippen LogP contribution in [0, 0.1) is 6.92 Å². The second-order valence-corrected chi connectivity index (χ2v) is 8.30. The minimum absolute atomic E-state index is 0.501. The van der Waals surface area contributed by atoms with Gasteiger partial charge in [-0.1, -0.05) is 0 Å². The molecule has 1 aliphatic heterocycles. The lowest BCUT2D eigenvalue weighted by atomic mass is 10.1. The first kappa shape index (κ1) is 18.4. The second-order valence-electron chi connectivity index (χ2n) is 8.30. The Morgan fingerprint density at radius 1 is 1.00 bits per heavy atom. The quantitative estimate of drug-likeness (QED) is 0.507. The van der Waals surface area contributed by atoms with Crippen molar-refractivity contribution in [3.63, 3.8) is 0 Å². The highest BCUT2D eigenvalue weighted by atomic mass is 16.5. The molecule has 2 aliphatic rings. The fourth-order valence-corrected chi connectivity index (χ4v) is 4.32. The van der Waals surface area contributed by atoms with Crippen LogP contribution in [0.1, 0.15) is 30.1 Å². The summed E-state index contributed by atoms with van der Waals surface area (Å²) in [7, 11) is 0. The van der Waals surface area contributed by atoms with Gasteiger partial charge in [0, 0.05) is 48.7 Å². The summed E-state index contributed by atoms with van der Waals surface area (Å²) in [5.41, 5.74) is 7.30. The molecule has 2 fully saturated rings. The van der Waals surface area contributed by atoms with Crippen molar-refractivity contribution in [1.29, 1.82) is 0 Å². The lowest BCUT2D eigenvalue weighted by Crippen LogP contribution is -2.36. The summed E-state index contributed by atoms with van der Waals surface area (Å²) in [4.78, 5) is 16.3. The third kappa shape index (κ3) is 3.35. The van der Waals surface area contributed by atoms with E-state index < -0.39 is 0 Å². The van der Waals surface area contributed by atoms with Gasteiger partial charge in [-0.25, -0.2) is 14.5 Å². The number of hydrogen-bond acceptors (Lipinski definition) is 6. The first-order valence-electron chi connectivity index (χ1n) is 10.9. The normalized spacial score (nSPS) is 16.7. The number of morpholine rings is 1. The second kappa shape index (κ2) is 7.42. The molecule has 0 bridgehead atoms. The summed E-state index contributed by atoms with van der Waals surface area (Å²) in [6, 6.07) is 10.4. The van der Waals surface area contributed by atoms with E-state index in [1.807, 2.05) is 42.2 Å². The van der Waals surface area contributed by atoms with Crippen LogP contribution in [0.25, 0.3) is 28.0 Å². The molecule has 7 nitrogen and oxygen atoms in total. The van der Waals surface area contributed by atoms with Crippen LogP contribution < -0.4 is 4.90 Å². The number of hydrogen-bond donors (Lipinski definition) is 0. The average Bonchev–Trinajstić information content (AvgIpc) is 3.60. The van der Waals surface area contributed by atoms with Crippen LogP contribution in [0.3, 0.4) is 0 Å². The minimum atomic E-state index is 0.501. The van der Waals surface area contributed by atoms with E-state index in [9.17, 15) is 0 Å². The SMILES string of the molecule is Cc1cc(-c2ccncc2)c2nc(C3CC3)c(-c3ccc(N4CCOCC4)nc3)n2n1. The smallest absolute Gasteiger partial charge is 0.162 e. The van der Waals surface area contributed by atoms with E-state index in [-0.39, 0.29) is 0 Å². The number of aromatic nitrogens is 5. The Morgan fingerprint density at radius 2 is 1.81 bits per heavy atom. The number of nitrogens with zero attached hydrogens (tertiary/aromatic N) is 6. The van der Waals surface area contributed by atoms with Crippen molar-refractivity contribution in [3.8, 4) is 22.4 Å². The van der Waals surface area contributed by atoms with E-state index in [1.165, 1.54) is 12.8 Å². The number of fused-ring (bicyclic) bond motifs is 1. The number of anilines is 1. The van der Waals surface area contributed by atoms with Crippen molar-refractivity contribution in [1.82, 2.24) is 24.6 Å². The van der Waals surface area contributed by atoms with Crippen molar-refractivity contribution < 1.29 is 4.74 Å². The van der Waals surface area contributed by atoms with Gasteiger partial charge < -0.3 is 9.64 Å². The van der Waals surface area contributed by atoms with Gasteiger partial charge in [0.15, 0.2) is 5.65 Å². The zero-order chi connectivity index (χ0) is 20.8. The molecule has 1 aliphatic carbocycles. The van der Waals surface area contributed by atoms with E-state index >= 15 is 0 Å². The Bertz CT molecular complexity index is 1220. The molecule has 0 amide bonds. The van der Waals surface area contributed by atoms with E-state index in [0.29, 0.717) is 5.92 Å². The fourth-order valence-electron chi connectivity index (χ4n) is 4.32. The van der Waals surface area contributed by atoms with Gasteiger partial charge in [-0.3, -0.25) is 4.98 Å². The third-order valence-corrected chi connectivity index (χ3v) is 6.05. The Kier molecular flexibility index (Phi) is 4.42. The molecule has 156 valence electrons. The van der Waals surface area contributed by atoms with Crippen LogP contribution in [0.2, 0.25) is 0 Å². The molecule has 0 radical (unpaired) electrons. The first-order chi connectivity index (χ1) is 15.3. The first-order valence-corrected chi connectivity index (χ1v) is 10.9. The van der Waals surface area contributed by atoms with Crippen molar-refractivity contribution in [2.24, 2.45) is 0 Å². The van der Waals surface area contributed by atoms with Crippen LogP contribution in [0.15, 0.2) is 48.9 Å². The van der Waals surface area contributed by atoms with Gasteiger partial charge in [-0.15, -0.1) is 0 Å². The number of ether oxygens (including phenoxy) is 1. The molecular formula is C24H24N6O. The maximum absolute atomic E-state index is 5.47.